The smallest absolute Gasteiger partial charge is 0.138 e. The van der Waals surface area contributed by atoms with Crippen molar-refractivity contribution < 1.29 is 0 Å². The predicted octanol–water partition coefficient (Wildman–Crippen LogP) is 4.85. The molecule has 3 aromatic rings. The van der Waals surface area contributed by atoms with Crippen molar-refractivity contribution >= 4 is 38.7 Å². The van der Waals surface area contributed by atoms with Crippen LogP contribution >= 0.6 is 22.7 Å². The van der Waals surface area contributed by atoms with Crippen molar-refractivity contribution in [2.45, 2.75) is 33.7 Å². The minimum atomic E-state index is 0.256. The molecule has 5 heteroatoms. The standard InChI is InChI=1S/C15H17N3S2/c1-8-5-6-12(19-8)10(3)18-14-13-9(2)11(4)20-15(13)17-7-16-14/h5-7,10H,1-4H3,(H,16,17,18). The van der Waals surface area contributed by atoms with E-state index in [4.69, 9.17) is 0 Å². The number of hydrogen-bond acceptors (Lipinski definition) is 5. The Hall–Kier alpha value is -1.46. The summed E-state index contributed by atoms with van der Waals surface area (Å²) in [5, 5.41) is 4.70. The summed E-state index contributed by atoms with van der Waals surface area (Å²) in [4.78, 5) is 13.9. The zero-order valence-electron chi connectivity index (χ0n) is 12.0. The Bertz CT molecular complexity index is 758. The van der Waals surface area contributed by atoms with Crippen molar-refractivity contribution in [3.05, 3.63) is 38.7 Å². The van der Waals surface area contributed by atoms with Crippen LogP contribution in [0.2, 0.25) is 0 Å². The Morgan fingerprint density at radius 2 is 1.90 bits per heavy atom. The largest absolute Gasteiger partial charge is 0.362 e. The first-order chi connectivity index (χ1) is 9.56. The van der Waals surface area contributed by atoms with Crippen LogP contribution in [-0.4, -0.2) is 9.97 Å². The molecule has 1 N–H and O–H groups in total. The zero-order valence-corrected chi connectivity index (χ0v) is 13.7. The van der Waals surface area contributed by atoms with E-state index in [0.717, 1.165) is 16.0 Å². The van der Waals surface area contributed by atoms with Gasteiger partial charge in [-0.2, -0.15) is 0 Å². The molecule has 3 rings (SSSR count). The second kappa shape index (κ2) is 5.14. The summed E-state index contributed by atoms with van der Waals surface area (Å²) in [6, 6.07) is 4.60. The van der Waals surface area contributed by atoms with Gasteiger partial charge in [0.05, 0.1) is 11.4 Å². The fraction of sp³-hybridized carbons (Fsp3) is 0.333. The Balaban J connectivity index is 1.98. The maximum atomic E-state index is 4.44. The van der Waals surface area contributed by atoms with Crippen LogP contribution in [0, 0.1) is 20.8 Å². The normalized spacial score (nSPS) is 12.8. The molecule has 1 atom stereocenters. The van der Waals surface area contributed by atoms with Gasteiger partial charge in [-0.25, -0.2) is 9.97 Å². The summed E-state index contributed by atoms with van der Waals surface area (Å²) in [7, 11) is 0. The molecule has 0 aliphatic carbocycles. The minimum absolute atomic E-state index is 0.256. The van der Waals surface area contributed by atoms with Gasteiger partial charge in [-0.05, 0) is 45.4 Å². The Kier molecular flexibility index (Phi) is 3.48. The monoisotopic (exact) mass is 303 g/mol. The van der Waals surface area contributed by atoms with Crippen molar-refractivity contribution in [1.82, 2.24) is 9.97 Å². The van der Waals surface area contributed by atoms with E-state index in [1.807, 2.05) is 11.3 Å². The van der Waals surface area contributed by atoms with Crippen LogP contribution in [0.4, 0.5) is 5.82 Å². The van der Waals surface area contributed by atoms with Gasteiger partial charge in [0.25, 0.3) is 0 Å². The van der Waals surface area contributed by atoms with Crippen LogP contribution < -0.4 is 5.32 Å². The third kappa shape index (κ3) is 2.31. The topological polar surface area (TPSA) is 37.8 Å². The highest BCUT2D eigenvalue weighted by Gasteiger charge is 2.15. The summed E-state index contributed by atoms with van der Waals surface area (Å²) >= 11 is 3.56. The fourth-order valence-electron chi connectivity index (χ4n) is 2.25. The van der Waals surface area contributed by atoms with E-state index in [-0.39, 0.29) is 6.04 Å². The fourth-order valence-corrected chi connectivity index (χ4v) is 4.13. The van der Waals surface area contributed by atoms with Crippen LogP contribution in [0.1, 0.15) is 33.2 Å². The van der Waals surface area contributed by atoms with Crippen molar-refractivity contribution in [3.8, 4) is 0 Å². The highest BCUT2D eigenvalue weighted by molar-refractivity contribution is 7.18. The molecule has 104 valence electrons. The molecule has 0 amide bonds. The lowest BCUT2D eigenvalue weighted by molar-refractivity contribution is 0.898. The summed E-state index contributed by atoms with van der Waals surface area (Å²) in [6.45, 7) is 8.59. The van der Waals surface area contributed by atoms with E-state index in [2.05, 4.69) is 55.1 Å². The van der Waals surface area contributed by atoms with E-state index >= 15 is 0 Å². The van der Waals surface area contributed by atoms with E-state index < -0.39 is 0 Å². The van der Waals surface area contributed by atoms with E-state index in [0.29, 0.717) is 0 Å². The first-order valence-electron chi connectivity index (χ1n) is 6.60. The molecular formula is C15H17N3S2. The highest BCUT2D eigenvalue weighted by atomic mass is 32.1. The molecule has 3 heterocycles. The van der Waals surface area contributed by atoms with Gasteiger partial charge < -0.3 is 5.32 Å². The predicted molar refractivity (Wildman–Crippen MR) is 88.0 cm³/mol. The first-order valence-corrected chi connectivity index (χ1v) is 8.23. The average Bonchev–Trinajstić information content (AvgIpc) is 2.96. The molecule has 3 nitrogen and oxygen atoms in total. The lowest BCUT2D eigenvalue weighted by Gasteiger charge is -2.13. The van der Waals surface area contributed by atoms with Crippen LogP contribution in [-0.2, 0) is 0 Å². The molecule has 0 saturated heterocycles. The van der Waals surface area contributed by atoms with Crippen molar-refractivity contribution in [2.24, 2.45) is 0 Å². The second-order valence-corrected chi connectivity index (χ2v) is 7.52. The molecular weight excluding hydrogens is 286 g/mol. The van der Waals surface area contributed by atoms with Gasteiger partial charge >= 0.3 is 0 Å². The van der Waals surface area contributed by atoms with Crippen LogP contribution in [0.15, 0.2) is 18.5 Å². The lowest BCUT2D eigenvalue weighted by Crippen LogP contribution is -2.07. The molecule has 20 heavy (non-hydrogen) atoms. The number of hydrogen-bond donors (Lipinski definition) is 1. The van der Waals surface area contributed by atoms with E-state index in [1.54, 1.807) is 17.7 Å². The summed E-state index contributed by atoms with van der Waals surface area (Å²) in [6.07, 6.45) is 1.65. The van der Waals surface area contributed by atoms with E-state index in [9.17, 15) is 0 Å². The van der Waals surface area contributed by atoms with Gasteiger partial charge in [0.1, 0.15) is 17.0 Å². The number of rotatable bonds is 3. The second-order valence-electron chi connectivity index (χ2n) is 5.00. The number of anilines is 1. The van der Waals surface area contributed by atoms with Gasteiger partial charge in [-0.15, -0.1) is 22.7 Å². The van der Waals surface area contributed by atoms with Gasteiger partial charge in [-0.3, -0.25) is 0 Å². The van der Waals surface area contributed by atoms with Gasteiger partial charge in [0, 0.05) is 14.6 Å². The van der Waals surface area contributed by atoms with Gasteiger partial charge in [-0.1, -0.05) is 0 Å². The van der Waals surface area contributed by atoms with Crippen LogP contribution in [0.3, 0.4) is 0 Å². The molecule has 0 aromatic carbocycles. The maximum absolute atomic E-state index is 4.44. The molecule has 0 fully saturated rings. The van der Waals surface area contributed by atoms with Gasteiger partial charge in [0.15, 0.2) is 0 Å². The van der Waals surface area contributed by atoms with Crippen molar-refractivity contribution in [2.75, 3.05) is 5.32 Å². The summed E-state index contributed by atoms with van der Waals surface area (Å²) in [5.74, 6) is 0.940. The molecule has 0 aliphatic heterocycles. The SMILES string of the molecule is Cc1ccc(C(C)Nc2ncnc3sc(C)c(C)c23)s1. The average molecular weight is 303 g/mol. The molecule has 0 saturated carbocycles. The number of nitrogens with one attached hydrogen (secondary N) is 1. The molecule has 0 radical (unpaired) electrons. The summed E-state index contributed by atoms with van der Waals surface area (Å²) < 4.78 is 0. The highest BCUT2D eigenvalue weighted by Crippen LogP contribution is 2.34. The molecule has 0 spiro atoms. The molecule has 0 bridgehead atoms. The third-order valence-electron chi connectivity index (χ3n) is 3.51. The number of nitrogens with zero attached hydrogens (tertiary/aromatic N) is 2. The first kappa shape index (κ1) is 13.5. The Labute approximate surface area is 126 Å². The van der Waals surface area contributed by atoms with Crippen LogP contribution in [0.25, 0.3) is 10.2 Å². The van der Waals surface area contributed by atoms with Gasteiger partial charge in [0.2, 0.25) is 0 Å². The van der Waals surface area contributed by atoms with Crippen molar-refractivity contribution in [1.29, 1.82) is 0 Å². The molecule has 3 aromatic heterocycles. The lowest BCUT2D eigenvalue weighted by atomic mass is 10.2. The Morgan fingerprint density at radius 3 is 2.60 bits per heavy atom. The number of thiophene rings is 2. The number of aryl methyl sites for hydroxylation is 3. The van der Waals surface area contributed by atoms with Crippen LogP contribution in [0.5, 0.6) is 0 Å². The van der Waals surface area contributed by atoms with Crippen molar-refractivity contribution in [3.63, 3.8) is 0 Å². The summed E-state index contributed by atoms with van der Waals surface area (Å²) in [5.41, 5.74) is 1.28. The maximum Gasteiger partial charge on any atom is 0.138 e. The number of fused-ring (bicyclic) bond motifs is 1. The third-order valence-corrected chi connectivity index (χ3v) is 5.81. The number of aromatic nitrogens is 2. The van der Waals surface area contributed by atoms with E-state index in [1.165, 1.54) is 20.2 Å². The minimum Gasteiger partial charge on any atom is -0.362 e. The Morgan fingerprint density at radius 1 is 1.10 bits per heavy atom. The zero-order chi connectivity index (χ0) is 14.3. The molecule has 1 unspecified atom stereocenters. The molecule has 0 aliphatic rings. The quantitative estimate of drug-likeness (QED) is 0.751.